The molecule has 0 amide bonds. The number of nitrogens with one attached hydrogen (secondary N) is 1. The van der Waals surface area contributed by atoms with Gasteiger partial charge in [0.2, 0.25) is 10.0 Å². The Hall–Kier alpha value is -1.20. The number of hydrogen-bond acceptors (Lipinski definition) is 2. The Morgan fingerprint density at radius 3 is 2.50 bits per heavy atom. The average Bonchev–Trinajstić information content (AvgIpc) is 2.26. The smallest absolute Gasteiger partial charge is 0.284 e. The molecule has 0 spiro atoms. The second-order valence-electron chi connectivity index (χ2n) is 3.98. The summed E-state index contributed by atoms with van der Waals surface area (Å²) in [5.41, 5.74) is 0.785. The van der Waals surface area contributed by atoms with E-state index in [4.69, 9.17) is 6.42 Å². The minimum Gasteiger partial charge on any atom is -0.284 e. The van der Waals surface area contributed by atoms with Crippen LogP contribution in [0.4, 0.5) is 18.9 Å². The topological polar surface area (TPSA) is 46.2 Å². The molecule has 0 bridgehead atoms. The van der Waals surface area contributed by atoms with Crippen molar-refractivity contribution in [1.29, 1.82) is 0 Å². The molecule has 110 valence electrons. The summed E-state index contributed by atoms with van der Waals surface area (Å²) in [7, 11) is -3.82. The molecule has 0 atom stereocenters. The van der Waals surface area contributed by atoms with Crippen LogP contribution in [0.2, 0.25) is 0 Å². The zero-order valence-electron chi connectivity index (χ0n) is 10.2. The highest BCUT2D eigenvalue weighted by Crippen LogP contribution is 2.23. The first-order valence-corrected chi connectivity index (χ1v) is 7.91. The van der Waals surface area contributed by atoms with Crippen LogP contribution in [0.5, 0.6) is 0 Å². The molecule has 1 rings (SSSR count). The van der Waals surface area contributed by atoms with Crippen molar-refractivity contribution in [3.63, 3.8) is 0 Å². The first kappa shape index (κ1) is 16.9. The second kappa shape index (κ2) is 6.50. The van der Waals surface area contributed by atoms with Crippen LogP contribution >= 0.6 is 15.9 Å². The van der Waals surface area contributed by atoms with Crippen LogP contribution in [-0.4, -0.2) is 20.3 Å². The van der Waals surface area contributed by atoms with Gasteiger partial charge in [-0.1, -0.05) is 5.92 Å². The Morgan fingerprint density at radius 1 is 1.35 bits per heavy atom. The van der Waals surface area contributed by atoms with Gasteiger partial charge in [0.05, 0.1) is 5.75 Å². The van der Waals surface area contributed by atoms with Crippen molar-refractivity contribution < 1.29 is 21.6 Å². The first-order valence-electron chi connectivity index (χ1n) is 5.46. The SMILES string of the molecule is C#Cc1ccc(NS(=O)(=O)CCCC(F)(F)F)cc1Br. The first-order chi connectivity index (χ1) is 9.13. The van der Waals surface area contributed by atoms with Gasteiger partial charge in [0.15, 0.2) is 0 Å². The quantitative estimate of drug-likeness (QED) is 0.807. The third-order valence-electron chi connectivity index (χ3n) is 2.27. The third-order valence-corrected chi connectivity index (χ3v) is 4.30. The van der Waals surface area contributed by atoms with E-state index in [1.165, 1.54) is 18.2 Å². The molecule has 0 aliphatic carbocycles. The molecule has 0 radical (unpaired) electrons. The van der Waals surface area contributed by atoms with Crippen LogP contribution in [0.1, 0.15) is 18.4 Å². The lowest BCUT2D eigenvalue weighted by Gasteiger charge is -2.10. The van der Waals surface area contributed by atoms with E-state index >= 15 is 0 Å². The summed E-state index contributed by atoms with van der Waals surface area (Å²) in [6.07, 6.45) is -0.760. The maximum absolute atomic E-state index is 12.0. The minimum absolute atomic E-state index is 0.239. The van der Waals surface area contributed by atoms with Crippen molar-refractivity contribution in [3.05, 3.63) is 28.2 Å². The molecular weight excluding hydrogens is 359 g/mol. The molecule has 8 heteroatoms. The van der Waals surface area contributed by atoms with Gasteiger partial charge in [0.1, 0.15) is 0 Å². The van der Waals surface area contributed by atoms with Crippen LogP contribution < -0.4 is 4.72 Å². The molecule has 1 aromatic carbocycles. The molecule has 1 aromatic rings. The summed E-state index contributed by atoms with van der Waals surface area (Å²) in [6, 6.07) is 4.43. The maximum atomic E-state index is 12.0. The molecule has 0 unspecified atom stereocenters. The number of rotatable bonds is 5. The zero-order valence-corrected chi connectivity index (χ0v) is 12.6. The van der Waals surface area contributed by atoms with Gasteiger partial charge in [-0.25, -0.2) is 8.42 Å². The molecule has 0 aliphatic rings. The largest absolute Gasteiger partial charge is 0.389 e. The standard InChI is InChI=1S/C12H11BrF3NO2S/c1-2-9-4-5-10(8-11(9)13)17-20(18,19)7-3-6-12(14,15)16/h1,4-5,8,17H,3,6-7H2. The van der Waals surface area contributed by atoms with Crippen molar-refractivity contribution in [1.82, 2.24) is 0 Å². The summed E-state index contributed by atoms with van der Waals surface area (Å²) in [5, 5.41) is 0. The van der Waals surface area contributed by atoms with Gasteiger partial charge >= 0.3 is 6.18 Å². The van der Waals surface area contributed by atoms with Gasteiger partial charge in [0, 0.05) is 22.1 Å². The Bertz CT molecular complexity index is 621. The number of hydrogen-bond donors (Lipinski definition) is 1. The summed E-state index contributed by atoms with van der Waals surface area (Å²) in [4.78, 5) is 0. The maximum Gasteiger partial charge on any atom is 0.389 e. The Kier molecular flexibility index (Phi) is 5.48. The van der Waals surface area contributed by atoms with E-state index in [1.807, 2.05) is 0 Å². The Morgan fingerprint density at radius 2 is 2.00 bits per heavy atom. The van der Waals surface area contributed by atoms with Crippen molar-refractivity contribution >= 4 is 31.6 Å². The summed E-state index contributed by atoms with van der Waals surface area (Å²) in [5.74, 6) is 1.79. The Labute approximate surface area is 123 Å². The molecule has 3 nitrogen and oxygen atoms in total. The average molecular weight is 370 g/mol. The van der Waals surface area contributed by atoms with Crippen LogP contribution in [0, 0.1) is 12.3 Å². The lowest BCUT2D eigenvalue weighted by Crippen LogP contribution is -2.18. The van der Waals surface area contributed by atoms with Crippen molar-refractivity contribution in [3.8, 4) is 12.3 Å². The van der Waals surface area contributed by atoms with E-state index in [0.717, 1.165) is 0 Å². The fraction of sp³-hybridized carbons (Fsp3) is 0.333. The lowest BCUT2D eigenvalue weighted by atomic mass is 10.2. The number of halogens is 4. The fourth-order valence-corrected chi connectivity index (χ4v) is 2.99. The molecule has 1 N–H and O–H groups in total. The van der Waals surface area contributed by atoms with Gasteiger partial charge in [-0.15, -0.1) is 6.42 Å². The molecule has 0 saturated carbocycles. The number of terminal acetylenes is 1. The summed E-state index contributed by atoms with van der Waals surface area (Å²) >= 11 is 3.17. The predicted molar refractivity (Wildman–Crippen MR) is 74.8 cm³/mol. The normalized spacial score (nSPS) is 11.9. The van der Waals surface area contributed by atoms with E-state index in [-0.39, 0.29) is 5.69 Å². The molecule has 20 heavy (non-hydrogen) atoms. The molecule has 0 aliphatic heterocycles. The van der Waals surface area contributed by atoms with Crippen molar-refractivity contribution in [2.45, 2.75) is 19.0 Å². The van der Waals surface area contributed by atoms with Crippen molar-refractivity contribution in [2.75, 3.05) is 10.5 Å². The predicted octanol–water partition coefficient (Wildman–Crippen LogP) is 3.51. The summed E-state index contributed by atoms with van der Waals surface area (Å²) in [6.45, 7) is 0. The number of anilines is 1. The van der Waals surface area contributed by atoms with Crippen molar-refractivity contribution in [2.24, 2.45) is 0 Å². The highest BCUT2D eigenvalue weighted by atomic mass is 79.9. The third kappa shape index (κ3) is 5.84. The van der Waals surface area contributed by atoms with Gasteiger partial charge in [-0.05, 0) is 40.5 Å². The van der Waals surface area contributed by atoms with E-state index in [0.29, 0.717) is 10.0 Å². The van der Waals surface area contributed by atoms with Crippen LogP contribution in [0.15, 0.2) is 22.7 Å². The lowest BCUT2D eigenvalue weighted by molar-refractivity contribution is -0.134. The molecule has 0 fully saturated rings. The molecular formula is C12H11BrF3NO2S. The molecule has 0 aromatic heterocycles. The second-order valence-corrected chi connectivity index (χ2v) is 6.67. The Balaban J connectivity index is 2.67. The van der Waals surface area contributed by atoms with E-state index < -0.39 is 34.8 Å². The van der Waals surface area contributed by atoms with E-state index in [2.05, 4.69) is 26.6 Å². The monoisotopic (exact) mass is 369 g/mol. The summed E-state index contributed by atoms with van der Waals surface area (Å²) < 4.78 is 61.8. The molecule has 0 saturated heterocycles. The zero-order chi connectivity index (χ0) is 15.4. The van der Waals surface area contributed by atoms with Gasteiger partial charge in [0.25, 0.3) is 0 Å². The molecule has 0 heterocycles. The van der Waals surface area contributed by atoms with E-state index in [9.17, 15) is 21.6 Å². The minimum atomic E-state index is -4.35. The van der Waals surface area contributed by atoms with Crippen LogP contribution in [0.25, 0.3) is 0 Å². The highest BCUT2D eigenvalue weighted by molar-refractivity contribution is 9.10. The fourth-order valence-electron chi connectivity index (χ4n) is 1.39. The van der Waals surface area contributed by atoms with Gasteiger partial charge in [-0.2, -0.15) is 13.2 Å². The van der Waals surface area contributed by atoms with Gasteiger partial charge in [-0.3, -0.25) is 4.72 Å². The van der Waals surface area contributed by atoms with Gasteiger partial charge < -0.3 is 0 Å². The number of alkyl halides is 3. The highest BCUT2D eigenvalue weighted by Gasteiger charge is 2.27. The number of sulfonamides is 1. The van der Waals surface area contributed by atoms with Crippen LogP contribution in [-0.2, 0) is 10.0 Å². The number of benzene rings is 1. The van der Waals surface area contributed by atoms with E-state index in [1.54, 1.807) is 0 Å². The van der Waals surface area contributed by atoms with Crippen LogP contribution in [0.3, 0.4) is 0 Å².